The lowest BCUT2D eigenvalue weighted by molar-refractivity contribution is -0.192. The highest BCUT2D eigenvalue weighted by molar-refractivity contribution is 8.00. The molecule has 9 nitrogen and oxygen atoms in total. The van der Waals surface area contributed by atoms with Crippen molar-refractivity contribution in [1.82, 2.24) is 10.2 Å². The van der Waals surface area contributed by atoms with Gasteiger partial charge in [0.05, 0.1) is 0 Å². The van der Waals surface area contributed by atoms with Crippen LogP contribution in [-0.2, 0) is 40.0 Å². The van der Waals surface area contributed by atoms with Crippen LogP contribution in [0.4, 0.5) is 0 Å². The third-order valence-corrected chi connectivity index (χ3v) is 6.02. The SMILES string of the molecule is CO[C@]1(NC(C)=O)C(=O)N2C(C(=O)OCc3ccccc3)=C(COC(C)=O)CS[C@@H]21. The number of hydrogen-bond acceptors (Lipinski definition) is 8. The number of methoxy groups -OCH3 is 1. The minimum absolute atomic E-state index is 0.0129. The molecule has 0 saturated carbocycles. The second kappa shape index (κ2) is 8.88. The van der Waals surface area contributed by atoms with Crippen LogP contribution in [0.2, 0.25) is 0 Å². The average Bonchev–Trinajstić information content (AvgIpc) is 2.73. The van der Waals surface area contributed by atoms with Gasteiger partial charge in [0.15, 0.2) is 0 Å². The van der Waals surface area contributed by atoms with E-state index in [1.807, 2.05) is 30.3 Å². The molecule has 1 N–H and O–H groups in total. The fraction of sp³-hybridized carbons (Fsp3) is 0.400. The van der Waals surface area contributed by atoms with Crippen molar-refractivity contribution in [3.05, 3.63) is 47.2 Å². The maximum Gasteiger partial charge on any atom is 0.355 e. The highest BCUT2D eigenvalue weighted by Crippen LogP contribution is 2.46. The van der Waals surface area contributed by atoms with E-state index in [4.69, 9.17) is 14.2 Å². The van der Waals surface area contributed by atoms with Gasteiger partial charge in [-0.3, -0.25) is 19.3 Å². The van der Waals surface area contributed by atoms with E-state index in [-0.39, 0.29) is 18.9 Å². The standard InChI is InChI=1S/C20H22N2O7S/c1-12(23)21-20(27-3)18(26)22-16(15(10-28-13(2)24)11-30-19(20)22)17(25)29-9-14-7-5-4-6-8-14/h4-8,19H,9-11H2,1-3H3,(H,21,23)/t19-,20-/m1/s1. The molecule has 0 bridgehead atoms. The van der Waals surface area contributed by atoms with Crippen molar-refractivity contribution >= 4 is 35.5 Å². The summed E-state index contributed by atoms with van der Waals surface area (Å²) in [5.74, 6) is -1.96. The third-order valence-electron chi connectivity index (χ3n) is 4.65. The van der Waals surface area contributed by atoms with Gasteiger partial charge in [0.25, 0.3) is 11.6 Å². The molecule has 160 valence electrons. The summed E-state index contributed by atoms with van der Waals surface area (Å²) in [7, 11) is 1.32. The Balaban J connectivity index is 1.87. The van der Waals surface area contributed by atoms with Gasteiger partial charge >= 0.3 is 11.9 Å². The average molecular weight is 434 g/mol. The van der Waals surface area contributed by atoms with E-state index in [9.17, 15) is 19.2 Å². The van der Waals surface area contributed by atoms with Crippen molar-refractivity contribution in [1.29, 1.82) is 0 Å². The third kappa shape index (κ3) is 4.05. The van der Waals surface area contributed by atoms with E-state index in [1.165, 1.54) is 37.6 Å². The predicted octanol–water partition coefficient (Wildman–Crippen LogP) is 0.941. The molecule has 0 unspecified atom stereocenters. The monoisotopic (exact) mass is 434 g/mol. The molecule has 1 saturated heterocycles. The Morgan fingerprint density at radius 1 is 1.17 bits per heavy atom. The number of carbonyl (C=O) groups excluding carboxylic acids is 4. The van der Waals surface area contributed by atoms with Crippen LogP contribution >= 0.6 is 11.8 Å². The summed E-state index contributed by atoms with van der Waals surface area (Å²) in [6.07, 6.45) is 0. The van der Waals surface area contributed by atoms with Gasteiger partial charge in [-0.05, 0) is 5.56 Å². The van der Waals surface area contributed by atoms with Gasteiger partial charge in [-0.25, -0.2) is 4.79 Å². The van der Waals surface area contributed by atoms with E-state index in [1.54, 1.807) is 0 Å². The Kier molecular flexibility index (Phi) is 6.47. The summed E-state index contributed by atoms with van der Waals surface area (Å²) >= 11 is 1.29. The Morgan fingerprint density at radius 2 is 1.87 bits per heavy atom. The van der Waals surface area contributed by atoms with Crippen LogP contribution in [0.1, 0.15) is 19.4 Å². The Hall–Kier alpha value is -2.85. The first-order valence-electron chi connectivity index (χ1n) is 9.15. The largest absolute Gasteiger partial charge is 0.461 e. The highest BCUT2D eigenvalue weighted by Gasteiger charge is 2.66. The number of nitrogens with zero attached hydrogens (tertiary/aromatic N) is 1. The predicted molar refractivity (Wildman–Crippen MR) is 107 cm³/mol. The van der Waals surface area contributed by atoms with Crippen molar-refractivity contribution in [2.24, 2.45) is 0 Å². The quantitative estimate of drug-likeness (QED) is 0.384. The maximum absolute atomic E-state index is 13.0. The first-order valence-corrected chi connectivity index (χ1v) is 10.2. The molecule has 2 heterocycles. The van der Waals surface area contributed by atoms with Gasteiger partial charge in [0.1, 0.15) is 24.3 Å². The number of carbonyl (C=O) groups is 4. The minimum Gasteiger partial charge on any atom is -0.461 e. The number of esters is 2. The molecule has 2 atom stereocenters. The molecule has 1 fully saturated rings. The zero-order valence-electron chi connectivity index (χ0n) is 16.8. The zero-order chi connectivity index (χ0) is 21.9. The number of ether oxygens (including phenoxy) is 3. The summed E-state index contributed by atoms with van der Waals surface area (Å²) in [5, 5.41) is 1.89. The molecule has 1 aromatic carbocycles. The van der Waals surface area contributed by atoms with Crippen molar-refractivity contribution in [3.8, 4) is 0 Å². The fourth-order valence-corrected chi connectivity index (χ4v) is 4.70. The molecule has 0 aromatic heterocycles. The summed E-state index contributed by atoms with van der Waals surface area (Å²) in [6.45, 7) is 2.41. The van der Waals surface area contributed by atoms with Crippen molar-refractivity contribution in [2.45, 2.75) is 31.6 Å². The lowest BCUT2D eigenvalue weighted by Gasteiger charge is -2.55. The summed E-state index contributed by atoms with van der Waals surface area (Å²) in [6, 6.07) is 9.10. The lowest BCUT2D eigenvalue weighted by Crippen LogP contribution is -2.80. The van der Waals surface area contributed by atoms with Gasteiger partial charge in [-0.2, -0.15) is 0 Å². The van der Waals surface area contributed by atoms with Gasteiger partial charge in [0, 0.05) is 32.3 Å². The van der Waals surface area contributed by atoms with Crippen molar-refractivity contribution in [3.63, 3.8) is 0 Å². The molecule has 3 rings (SSSR count). The first-order chi connectivity index (χ1) is 14.3. The number of rotatable bonds is 7. The number of β-lactam (4-membered cyclic amide) rings is 1. The number of nitrogens with one attached hydrogen (secondary N) is 1. The van der Waals surface area contributed by atoms with Crippen LogP contribution in [0.15, 0.2) is 41.6 Å². The molecule has 10 heteroatoms. The number of benzene rings is 1. The Bertz CT molecular complexity index is 902. The van der Waals surface area contributed by atoms with Gasteiger partial charge in [-0.15, -0.1) is 11.8 Å². The second-order valence-electron chi connectivity index (χ2n) is 6.75. The van der Waals surface area contributed by atoms with Gasteiger partial charge in [0.2, 0.25) is 5.91 Å². The molecule has 2 aliphatic rings. The molecule has 2 aliphatic heterocycles. The smallest absolute Gasteiger partial charge is 0.355 e. The van der Waals surface area contributed by atoms with Crippen LogP contribution in [0.5, 0.6) is 0 Å². The second-order valence-corrected chi connectivity index (χ2v) is 7.82. The van der Waals surface area contributed by atoms with E-state index in [0.717, 1.165) is 5.56 Å². The van der Waals surface area contributed by atoms with Crippen LogP contribution < -0.4 is 5.32 Å². The van der Waals surface area contributed by atoms with E-state index < -0.39 is 34.9 Å². The molecule has 30 heavy (non-hydrogen) atoms. The minimum atomic E-state index is -1.56. The molecule has 0 radical (unpaired) electrons. The summed E-state index contributed by atoms with van der Waals surface area (Å²) in [4.78, 5) is 50.0. The normalized spacial score (nSPS) is 22.7. The van der Waals surface area contributed by atoms with E-state index >= 15 is 0 Å². The molecular weight excluding hydrogens is 412 g/mol. The summed E-state index contributed by atoms with van der Waals surface area (Å²) < 4.78 is 15.8. The first kappa shape index (κ1) is 21.8. The Labute approximate surface area is 177 Å². The molecule has 0 spiro atoms. The molecule has 0 aliphatic carbocycles. The van der Waals surface area contributed by atoms with Crippen LogP contribution in [0.3, 0.4) is 0 Å². The number of amides is 2. The van der Waals surface area contributed by atoms with Gasteiger partial charge in [-0.1, -0.05) is 30.3 Å². The lowest BCUT2D eigenvalue weighted by atomic mass is 9.98. The topological polar surface area (TPSA) is 111 Å². The number of fused-ring (bicyclic) bond motifs is 1. The highest BCUT2D eigenvalue weighted by atomic mass is 32.2. The zero-order valence-corrected chi connectivity index (χ0v) is 17.6. The van der Waals surface area contributed by atoms with Gasteiger partial charge < -0.3 is 19.5 Å². The van der Waals surface area contributed by atoms with Crippen LogP contribution in [0.25, 0.3) is 0 Å². The van der Waals surface area contributed by atoms with E-state index in [0.29, 0.717) is 11.3 Å². The van der Waals surface area contributed by atoms with Crippen molar-refractivity contribution < 1.29 is 33.4 Å². The van der Waals surface area contributed by atoms with Crippen LogP contribution in [0, 0.1) is 0 Å². The van der Waals surface area contributed by atoms with E-state index in [2.05, 4.69) is 5.32 Å². The number of thioether (sulfide) groups is 1. The number of hydrogen-bond donors (Lipinski definition) is 1. The summed E-state index contributed by atoms with van der Waals surface area (Å²) in [5.41, 5.74) is -0.312. The molecular formula is C20H22N2O7S. The fourth-order valence-electron chi connectivity index (χ4n) is 3.28. The van der Waals surface area contributed by atoms with Crippen molar-refractivity contribution in [2.75, 3.05) is 19.5 Å². The molecule has 1 aromatic rings. The Morgan fingerprint density at radius 3 is 2.47 bits per heavy atom. The molecule has 2 amide bonds. The van der Waals surface area contributed by atoms with Crippen LogP contribution in [-0.4, -0.2) is 59.2 Å². The maximum atomic E-state index is 13.0.